The van der Waals surface area contributed by atoms with Gasteiger partial charge in [0.15, 0.2) is 5.16 Å². The van der Waals surface area contributed by atoms with Crippen molar-refractivity contribution in [2.24, 2.45) is 0 Å². The Morgan fingerprint density at radius 1 is 1.03 bits per heavy atom. The second-order valence-corrected chi connectivity index (χ2v) is 8.92. The number of aromatic nitrogens is 4. The number of imidazole rings is 1. The van der Waals surface area contributed by atoms with E-state index in [0.29, 0.717) is 40.5 Å². The Hall–Kier alpha value is -3.36. The van der Waals surface area contributed by atoms with Crippen LogP contribution in [-0.4, -0.2) is 24.9 Å². The van der Waals surface area contributed by atoms with Gasteiger partial charge < -0.3 is 4.98 Å². The number of halogens is 2. The van der Waals surface area contributed by atoms with Gasteiger partial charge in [0.25, 0.3) is 5.56 Å². The molecule has 0 atom stereocenters. The summed E-state index contributed by atoms with van der Waals surface area (Å²) in [4.78, 5) is 33.1. The maximum atomic E-state index is 13.7. The van der Waals surface area contributed by atoms with Crippen LogP contribution >= 0.6 is 23.4 Å². The van der Waals surface area contributed by atoms with Gasteiger partial charge >= 0.3 is 5.69 Å². The molecule has 0 saturated carbocycles. The number of nitrogens with zero attached hydrogens (tertiary/aromatic N) is 3. The Labute approximate surface area is 196 Å². The maximum absolute atomic E-state index is 13.7. The van der Waals surface area contributed by atoms with Gasteiger partial charge in [-0.3, -0.25) is 13.9 Å². The lowest BCUT2D eigenvalue weighted by molar-refractivity contribution is 0.627. The van der Waals surface area contributed by atoms with E-state index in [4.69, 9.17) is 11.6 Å². The molecule has 2 aromatic heterocycles. The van der Waals surface area contributed by atoms with Crippen molar-refractivity contribution < 1.29 is 4.39 Å². The molecule has 33 heavy (non-hydrogen) atoms. The topological polar surface area (TPSA) is 72.7 Å². The molecule has 0 aliphatic rings. The number of fused-ring (bicyclic) bond motifs is 2. The molecule has 0 aliphatic carbocycles. The van der Waals surface area contributed by atoms with Gasteiger partial charge in [-0.15, -0.1) is 0 Å². The fraction of sp³-hybridized carbons (Fsp3) is 0.125. The third-order valence-corrected chi connectivity index (χ3v) is 6.66. The molecule has 5 rings (SSSR count). The first-order valence-corrected chi connectivity index (χ1v) is 11.7. The van der Waals surface area contributed by atoms with Crippen LogP contribution in [0.25, 0.3) is 27.6 Å². The fourth-order valence-electron chi connectivity index (χ4n) is 3.78. The van der Waals surface area contributed by atoms with E-state index in [1.54, 1.807) is 22.8 Å². The van der Waals surface area contributed by atoms with Crippen molar-refractivity contribution in [3.8, 4) is 5.69 Å². The second-order valence-electron chi connectivity index (χ2n) is 7.45. The van der Waals surface area contributed by atoms with Crippen LogP contribution in [0.2, 0.25) is 5.02 Å². The molecule has 0 unspecified atom stereocenters. The van der Waals surface area contributed by atoms with E-state index in [0.717, 1.165) is 11.0 Å². The van der Waals surface area contributed by atoms with E-state index in [1.165, 1.54) is 34.5 Å². The third kappa shape index (κ3) is 4.07. The highest BCUT2D eigenvalue weighted by Gasteiger charge is 2.15. The summed E-state index contributed by atoms with van der Waals surface area (Å²) in [5, 5.41) is 0.877. The fourth-order valence-corrected chi connectivity index (χ4v) is 4.89. The van der Waals surface area contributed by atoms with Gasteiger partial charge in [-0.2, -0.15) is 0 Å². The number of thioether (sulfide) groups is 1. The minimum atomic E-state index is -0.555. The van der Waals surface area contributed by atoms with Crippen LogP contribution in [0.5, 0.6) is 0 Å². The number of benzene rings is 3. The zero-order chi connectivity index (χ0) is 22.9. The molecular formula is C24H18ClFN4O2S. The second kappa shape index (κ2) is 8.88. The van der Waals surface area contributed by atoms with Crippen LogP contribution in [0.15, 0.2) is 81.5 Å². The molecule has 0 saturated heterocycles. The highest BCUT2D eigenvalue weighted by Crippen LogP contribution is 2.25. The molecular weight excluding hydrogens is 463 g/mol. The molecule has 166 valence electrons. The van der Waals surface area contributed by atoms with E-state index in [1.807, 2.05) is 30.3 Å². The highest BCUT2D eigenvalue weighted by atomic mass is 35.5. The van der Waals surface area contributed by atoms with Crippen molar-refractivity contribution in [2.75, 3.05) is 5.75 Å². The average molecular weight is 481 g/mol. The summed E-state index contributed by atoms with van der Waals surface area (Å²) in [5.74, 6) is 0.0617. The Kier molecular flexibility index (Phi) is 5.78. The van der Waals surface area contributed by atoms with Crippen LogP contribution in [0.4, 0.5) is 4.39 Å². The molecule has 0 fully saturated rings. The molecule has 5 aromatic rings. The Balaban J connectivity index is 1.45. The molecule has 0 spiro atoms. The van der Waals surface area contributed by atoms with Crippen LogP contribution in [0.1, 0.15) is 6.42 Å². The number of hydrogen-bond acceptors (Lipinski definition) is 4. The van der Waals surface area contributed by atoms with Crippen LogP contribution in [0, 0.1) is 5.82 Å². The summed E-state index contributed by atoms with van der Waals surface area (Å²) >= 11 is 7.38. The Morgan fingerprint density at radius 3 is 2.67 bits per heavy atom. The van der Waals surface area contributed by atoms with Gasteiger partial charge in [-0.05, 0) is 48.9 Å². The van der Waals surface area contributed by atoms with E-state index >= 15 is 0 Å². The van der Waals surface area contributed by atoms with Gasteiger partial charge in [0, 0.05) is 12.3 Å². The molecule has 1 N–H and O–H groups in total. The van der Waals surface area contributed by atoms with Crippen molar-refractivity contribution in [3.05, 3.63) is 98.4 Å². The summed E-state index contributed by atoms with van der Waals surface area (Å²) in [6.45, 7) is 0.524. The number of rotatable bonds is 6. The largest absolute Gasteiger partial charge is 0.326 e. The summed E-state index contributed by atoms with van der Waals surface area (Å²) in [5.41, 5.74) is 2.28. The molecule has 0 bridgehead atoms. The number of hydrogen-bond donors (Lipinski definition) is 1. The first-order chi connectivity index (χ1) is 16.0. The molecule has 2 heterocycles. The molecule has 3 aromatic carbocycles. The standard InChI is InChI=1S/C24H18ClFN4O2S/c25-17-14-15(10-11-18(17)26)30-22(31)16-6-1-2-7-19(16)28-24(30)33-13-5-12-29-21-9-4-3-8-20(21)27-23(29)32/h1-4,6-11,14H,5,12-13H2,(H,27,32). The lowest BCUT2D eigenvalue weighted by Crippen LogP contribution is -2.22. The summed E-state index contributed by atoms with van der Waals surface area (Å²) in [6, 6.07) is 18.8. The van der Waals surface area contributed by atoms with Crippen LogP contribution in [0.3, 0.4) is 0 Å². The van der Waals surface area contributed by atoms with E-state index < -0.39 is 5.82 Å². The maximum Gasteiger partial charge on any atom is 0.326 e. The molecule has 0 radical (unpaired) electrons. The van der Waals surface area contributed by atoms with Gasteiger partial charge in [-0.25, -0.2) is 14.2 Å². The number of aryl methyl sites for hydroxylation is 1. The van der Waals surface area contributed by atoms with E-state index in [9.17, 15) is 14.0 Å². The van der Waals surface area contributed by atoms with Gasteiger partial charge in [0.1, 0.15) is 5.82 Å². The van der Waals surface area contributed by atoms with E-state index in [2.05, 4.69) is 9.97 Å². The average Bonchev–Trinajstić information content (AvgIpc) is 3.14. The number of aromatic amines is 1. The van der Waals surface area contributed by atoms with Crippen molar-refractivity contribution in [3.63, 3.8) is 0 Å². The smallest absolute Gasteiger partial charge is 0.306 e. The molecule has 0 amide bonds. The van der Waals surface area contributed by atoms with Crippen molar-refractivity contribution >= 4 is 45.3 Å². The van der Waals surface area contributed by atoms with Crippen LogP contribution < -0.4 is 11.2 Å². The SMILES string of the molecule is O=c1c2ccccc2nc(SCCCn2c(=O)[nH]c3ccccc32)n1-c1ccc(F)c(Cl)c1. The number of para-hydroxylation sites is 3. The first-order valence-electron chi connectivity index (χ1n) is 10.3. The van der Waals surface area contributed by atoms with Crippen molar-refractivity contribution in [1.82, 2.24) is 19.1 Å². The monoisotopic (exact) mass is 480 g/mol. The zero-order valence-corrected chi connectivity index (χ0v) is 18.9. The number of nitrogens with one attached hydrogen (secondary N) is 1. The first kappa shape index (κ1) is 21.5. The molecule has 6 nitrogen and oxygen atoms in total. The minimum absolute atomic E-state index is 0.0674. The zero-order valence-electron chi connectivity index (χ0n) is 17.3. The quantitative estimate of drug-likeness (QED) is 0.211. The summed E-state index contributed by atoms with van der Waals surface area (Å²) in [7, 11) is 0. The van der Waals surface area contributed by atoms with Gasteiger partial charge in [0.05, 0.1) is 32.6 Å². The number of H-pyrrole nitrogens is 1. The van der Waals surface area contributed by atoms with Gasteiger partial charge in [-0.1, -0.05) is 47.6 Å². The summed E-state index contributed by atoms with van der Waals surface area (Å²) < 4.78 is 16.9. The van der Waals surface area contributed by atoms with Crippen molar-refractivity contribution in [2.45, 2.75) is 18.1 Å². The minimum Gasteiger partial charge on any atom is -0.306 e. The Morgan fingerprint density at radius 2 is 1.82 bits per heavy atom. The molecule has 9 heteroatoms. The Bertz CT molecular complexity index is 1610. The lowest BCUT2D eigenvalue weighted by Gasteiger charge is -2.14. The predicted octanol–water partition coefficient (Wildman–Crippen LogP) is 5.00. The van der Waals surface area contributed by atoms with Crippen LogP contribution in [-0.2, 0) is 6.54 Å². The lowest BCUT2D eigenvalue weighted by atomic mass is 10.2. The normalized spacial score (nSPS) is 11.5. The van der Waals surface area contributed by atoms with Gasteiger partial charge in [0.2, 0.25) is 0 Å². The predicted molar refractivity (Wildman–Crippen MR) is 130 cm³/mol. The molecule has 0 aliphatic heterocycles. The van der Waals surface area contributed by atoms with E-state index in [-0.39, 0.29) is 16.3 Å². The summed E-state index contributed by atoms with van der Waals surface area (Å²) in [6.07, 6.45) is 0.680. The highest BCUT2D eigenvalue weighted by molar-refractivity contribution is 7.99. The van der Waals surface area contributed by atoms with Crippen molar-refractivity contribution in [1.29, 1.82) is 0 Å². The third-order valence-electron chi connectivity index (χ3n) is 5.35.